The summed E-state index contributed by atoms with van der Waals surface area (Å²) in [5.74, 6) is 0.107. The largest absolute Gasteiger partial charge is 0.338 e. The van der Waals surface area contributed by atoms with Gasteiger partial charge in [-0.2, -0.15) is 0 Å². The Morgan fingerprint density at radius 3 is 2.43 bits per heavy atom. The first-order valence-electron chi connectivity index (χ1n) is 13.3. The Balaban J connectivity index is 1.56. The lowest BCUT2D eigenvalue weighted by atomic mass is 10.0. The average molecular weight is 522 g/mol. The molecule has 5 nitrogen and oxygen atoms in total. The van der Waals surface area contributed by atoms with Gasteiger partial charge in [0.05, 0.1) is 12.1 Å². The minimum absolute atomic E-state index is 0.00250. The van der Waals surface area contributed by atoms with Gasteiger partial charge in [0, 0.05) is 42.7 Å². The van der Waals surface area contributed by atoms with Gasteiger partial charge in [0.1, 0.15) is 10.8 Å². The molecule has 0 unspecified atom stereocenters. The van der Waals surface area contributed by atoms with Gasteiger partial charge in [0.25, 0.3) is 0 Å². The molecule has 7 heteroatoms. The van der Waals surface area contributed by atoms with Crippen molar-refractivity contribution in [1.29, 1.82) is 0 Å². The smallest absolute Gasteiger partial charge is 0.228 e. The normalized spacial score (nSPS) is 15.1. The number of nitrogens with zero attached hydrogens (tertiary/aromatic N) is 3. The van der Waals surface area contributed by atoms with Crippen LogP contribution in [0.15, 0.2) is 53.9 Å². The van der Waals surface area contributed by atoms with Gasteiger partial charge in [0.2, 0.25) is 11.8 Å². The van der Waals surface area contributed by atoms with Gasteiger partial charge in [-0.3, -0.25) is 9.59 Å². The summed E-state index contributed by atoms with van der Waals surface area (Å²) in [7, 11) is 0. The molecule has 4 rings (SSSR count). The van der Waals surface area contributed by atoms with Crippen LogP contribution in [0.4, 0.5) is 10.1 Å². The molecule has 196 valence electrons. The number of carbonyl (C=O) groups excluding carboxylic acids is 2. The van der Waals surface area contributed by atoms with Gasteiger partial charge in [-0.25, -0.2) is 9.37 Å². The molecule has 37 heavy (non-hydrogen) atoms. The first-order chi connectivity index (χ1) is 17.9. The van der Waals surface area contributed by atoms with E-state index in [2.05, 4.69) is 18.8 Å². The zero-order valence-corrected chi connectivity index (χ0v) is 22.6. The third kappa shape index (κ3) is 7.25. The molecule has 2 aromatic carbocycles. The molecule has 2 amide bonds. The molecule has 0 bridgehead atoms. The number of hydrogen-bond acceptors (Lipinski definition) is 4. The van der Waals surface area contributed by atoms with Gasteiger partial charge in [-0.15, -0.1) is 11.3 Å². The van der Waals surface area contributed by atoms with Crippen LogP contribution in [0.25, 0.3) is 10.6 Å². The maximum atomic E-state index is 14.2. The Labute approximate surface area is 223 Å². The molecule has 0 N–H and O–H groups in total. The molecule has 1 aliphatic rings. The molecule has 0 atom stereocenters. The third-order valence-corrected chi connectivity index (χ3v) is 7.60. The summed E-state index contributed by atoms with van der Waals surface area (Å²) in [5.41, 5.74) is 3.00. The van der Waals surface area contributed by atoms with Gasteiger partial charge >= 0.3 is 0 Å². The molecule has 1 aromatic heterocycles. The second-order valence-electron chi connectivity index (χ2n) is 10.2. The molecule has 2 heterocycles. The molecule has 3 aromatic rings. The van der Waals surface area contributed by atoms with E-state index >= 15 is 0 Å². The predicted molar refractivity (Wildman–Crippen MR) is 148 cm³/mol. The fraction of sp³-hybridized carbons (Fsp3) is 0.433. The van der Waals surface area contributed by atoms with Crippen LogP contribution in [-0.4, -0.2) is 34.8 Å². The number of aromatic nitrogens is 1. The first-order valence-corrected chi connectivity index (χ1v) is 14.2. The molecule has 1 aliphatic heterocycles. The van der Waals surface area contributed by atoms with Crippen molar-refractivity contribution in [3.05, 3.63) is 71.0 Å². The number of halogens is 1. The molecule has 0 aliphatic carbocycles. The van der Waals surface area contributed by atoms with E-state index in [4.69, 9.17) is 0 Å². The summed E-state index contributed by atoms with van der Waals surface area (Å²) < 4.78 is 14.2. The Kier molecular flexibility index (Phi) is 9.45. The van der Waals surface area contributed by atoms with Gasteiger partial charge in [-0.05, 0) is 42.5 Å². The van der Waals surface area contributed by atoms with Crippen molar-refractivity contribution in [3.8, 4) is 10.6 Å². The highest BCUT2D eigenvalue weighted by atomic mass is 32.1. The van der Waals surface area contributed by atoms with Crippen LogP contribution in [0.5, 0.6) is 0 Å². The summed E-state index contributed by atoms with van der Waals surface area (Å²) >= 11 is 1.35. The van der Waals surface area contributed by atoms with Gasteiger partial charge in [0.15, 0.2) is 0 Å². The van der Waals surface area contributed by atoms with Crippen LogP contribution in [0.1, 0.15) is 63.6 Å². The van der Waals surface area contributed by atoms with Crippen LogP contribution in [0, 0.1) is 11.7 Å². The average Bonchev–Trinajstić information content (AvgIpc) is 3.32. The van der Waals surface area contributed by atoms with E-state index in [1.165, 1.54) is 17.4 Å². The molecule has 0 fully saturated rings. The minimum Gasteiger partial charge on any atom is -0.338 e. The van der Waals surface area contributed by atoms with Gasteiger partial charge in [-0.1, -0.05) is 63.4 Å². The molecule has 0 radical (unpaired) electrons. The lowest BCUT2D eigenvalue weighted by molar-refractivity contribution is -0.131. The quantitative estimate of drug-likeness (QED) is 0.368. The zero-order chi connectivity index (χ0) is 26.2. The molecule has 0 saturated heterocycles. The molecule has 0 saturated carbocycles. The second kappa shape index (κ2) is 13.0. The first kappa shape index (κ1) is 27.0. The van der Waals surface area contributed by atoms with Crippen LogP contribution in [-0.2, 0) is 22.6 Å². The Hall–Kier alpha value is -3.06. The standard InChI is InChI=1S/C30H36FN3O2S/c1-22(2)18-29(36)34-17-11-5-3-4-10-16-33(20-23-12-6-9-15-27(23)34)28(35)19-24-21-37-30(32-24)25-13-7-8-14-26(25)31/h6-9,12-15,21-22H,3-5,10-11,16-20H2,1-2H3. The van der Waals surface area contributed by atoms with Gasteiger partial charge < -0.3 is 9.80 Å². The van der Waals surface area contributed by atoms with Crippen molar-refractivity contribution in [3.63, 3.8) is 0 Å². The van der Waals surface area contributed by atoms with Crippen LogP contribution >= 0.6 is 11.3 Å². The van der Waals surface area contributed by atoms with Crippen molar-refractivity contribution in [2.24, 2.45) is 5.92 Å². The summed E-state index contributed by atoms with van der Waals surface area (Å²) in [6.45, 7) is 5.95. The number of benzene rings is 2. The molecule has 0 spiro atoms. The summed E-state index contributed by atoms with van der Waals surface area (Å²) in [6.07, 6.45) is 5.82. The van der Waals surface area contributed by atoms with E-state index < -0.39 is 0 Å². The van der Waals surface area contributed by atoms with Crippen LogP contribution in [0.2, 0.25) is 0 Å². The SMILES string of the molecule is CC(C)CC(=O)N1CCCCCCCN(C(=O)Cc2csc(-c3ccccc3F)n2)Cc2ccccc21. The Bertz CT molecular complexity index is 1210. The lowest BCUT2D eigenvalue weighted by Gasteiger charge is -2.30. The van der Waals surface area contributed by atoms with Crippen molar-refractivity contribution in [2.75, 3.05) is 18.0 Å². The predicted octanol–water partition coefficient (Wildman–Crippen LogP) is 6.86. The highest BCUT2D eigenvalue weighted by Gasteiger charge is 2.23. The highest BCUT2D eigenvalue weighted by molar-refractivity contribution is 7.13. The molecular weight excluding hydrogens is 485 g/mol. The number of rotatable bonds is 5. The van der Waals surface area contributed by atoms with Crippen molar-refractivity contribution in [1.82, 2.24) is 9.88 Å². The van der Waals surface area contributed by atoms with E-state index in [1.54, 1.807) is 18.2 Å². The maximum absolute atomic E-state index is 14.2. The van der Waals surface area contributed by atoms with E-state index in [0.717, 1.165) is 43.4 Å². The number of fused-ring (bicyclic) bond motifs is 1. The van der Waals surface area contributed by atoms with Crippen LogP contribution < -0.4 is 4.90 Å². The van der Waals surface area contributed by atoms with Crippen LogP contribution in [0.3, 0.4) is 0 Å². The number of carbonyl (C=O) groups is 2. The number of para-hydroxylation sites is 1. The minimum atomic E-state index is -0.314. The van der Waals surface area contributed by atoms with E-state index in [-0.39, 0.29) is 30.0 Å². The Morgan fingerprint density at radius 1 is 0.946 bits per heavy atom. The zero-order valence-electron chi connectivity index (χ0n) is 21.8. The van der Waals surface area contributed by atoms with E-state index in [0.29, 0.717) is 42.3 Å². The second-order valence-corrected chi connectivity index (χ2v) is 11.0. The Morgan fingerprint density at radius 2 is 1.65 bits per heavy atom. The number of amides is 2. The highest BCUT2D eigenvalue weighted by Crippen LogP contribution is 2.28. The number of hydrogen-bond donors (Lipinski definition) is 0. The van der Waals surface area contributed by atoms with E-state index in [1.807, 2.05) is 39.4 Å². The van der Waals surface area contributed by atoms with Crippen molar-refractivity contribution >= 4 is 28.8 Å². The summed E-state index contributed by atoms with van der Waals surface area (Å²) in [6, 6.07) is 14.5. The van der Waals surface area contributed by atoms with E-state index in [9.17, 15) is 14.0 Å². The fourth-order valence-electron chi connectivity index (χ4n) is 4.76. The number of thiazole rings is 1. The molecular formula is C30H36FN3O2S. The monoisotopic (exact) mass is 521 g/mol. The fourth-order valence-corrected chi connectivity index (χ4v) is 5.61. The number of anilines is 1. The van der Waals surface area contributed by atoms with Crippen molar-refractivity contribution in [2.45, 2.75) is 65.3 Å². The maximum Gasteiger partial charge on any atom is 0.228 e. The van der Waals surface area contributed by atoms with Crippen molar-refractivity contribution < 1.29 is 14.0 Å². The third-order valence-electron chi connectivity index (χ3n) is 6.68. The topological polar surface area (TPSA) is 53.5 Å². The summed E-state index contributed by atoms with van der Waals surface area (Å²) in [4.78, 5) is 35.1. The lowest BCUT2D eigenvalue weighted by Crippen LogP contribution is -2.36. The summed E-state index contributed by atoms with van der Waals surface area (Å²) in [5, 5.41) is 2.43.